The fraction of sp³-hybridized carbons (Fsp3) is 0.667. The number of nitrogens with zero attached hydrogens (tertiary/aromatic N) is 1. The van der Waals surface area contributed by atoms with Crippen molar-refractivity contribution in [3.8, 4) is 0 Å². The minimum absolute atomic E-state index is 0.109. The predicted octanol–water partition coefficient (Wildman–Crippen LogP) is 6.15. The van der Waals surface area contributed by atoms with Crippen LogP contribution in [0.15, 0.2) is 36.7 Å². The minimum atomic E-state index is -0.109. The quantitative estimate of drug-likeness (QED) is 0.148. The summed E-state index contributed by atoms with van der Waals surface area (Å²) in [7, 11) is 0. The molecule has 0 radical (unpaired) electrons. The molecule has 0 bridgehead atoms. The monoisotopic (exact) mass is 387 g/mol. The maximum atomic E-state index is 11.7. The number of carbonyl (C=O) groups is 1. The van der Waals surface area contributed by atoms with E-state index in [4.69, 9.17) is 9.47 Å². The van der Waals surface area contributed by atoms with Gasteiger partial charge < -0.3 is 9.47 Å². The van der Waals surface area contributed by atoms with Crippen molar-refractivity contribution in [3.63, 3.8) is 0 Å². The third-order valence-corrected chi connectivity index (χ3v) is 5.19. The van der Waals surface area contributed by atoms with E-state index in [-0.39, 0.29) is 5.97 Å². The van der Waals surface area contributed by atoms with E-state index < -0.39 is 0 Å². The van der Waals surface area contributed by atoms with Gasteiger partial charge in [0.2, 0.25) is 0 Å². The predicted molar refractivity (Wildman–Crippen MR) is 113 cm³/mol. The van der Waals surface area contributed by atoms with Crippen LogP contribution in [0.5, 0.6) is 0 Å². The van der Waals surface area contributed by atoms with Gasteiger partial charge in [-0.15, -0.1) is 0 Å². The molecule has 2 heterocycles. The lowest BCUT2D eigenvalue weighted by Crippen LogP contribution is -2.04. The van der Waals surface area contributed by atoms with Crippen LogP contribution in [-0.4, -0.2) is 23.2 Å². The normalized spacial score (nSPS) is 18.5. The molecule has 0 aromatic carbocycles. The number of rotatable bonds is 16. The van der Waals surface area contributed by atoms with Crippen LogP contribution in [0, 0.1) is 0 Å². The van der Waals surface area contributed by atoms with Gasteiger partial charge in [0, 0.05) is 24.4 Å². The molecule has 4 nitrogen and oxygen atoms in total. The number of hydrogen-bond donors (Lipinski definition) is 0. The summed E-state index contributed by atoms with van der Waals surface area (Å²) in [6.45, 7) is 2.57. The highest BCUT2D eigenvalue weighted by Gasteiger charge is 2.36. The summed E-state index contributed by atoms with van der Waals surface area (Å²) in [6.07, 6.45) is 22.6. The van der Waals surface area contributed by atoms with Crippen molar-refractivity contribution in [2.75, 3.05) is 0 Å². The number of pyridine rings is 1. The second kappa shape index (κ2) is 14.3. The van der Waals surface area contributed by atoms with Crippen LogP contribution in [0.25, 0.3) is 0 Å². The summed E-state index contributed by atoms with van der Waals surface area (Å²) < 4.78 is 11.0. The Kier molecular flexibility index (Phi) is 11.6. The number of esters is 1. The van der Waals surface area contributed by atoms with E-state index in [1.54, 1.807) is 12.4 Å². The number of unbranched alkanes of at least 4 members (excludes halogenated alkanes) is 7. The summed E-state index contributed by atoms with van der Waals surface area (Å²) in [6, 6.07) is 3.77. The molecule has 4 heteroatoms. The fourth-order valence-corrected chi connectivity index (χ4v) is 3.37. The van der Waals surface area contributed by atoms with Gasteiger partial charge in [-0.25, -0.2) is 0 Å². The van der Waals surface area contributed by atoms with Crippen molar-refractivity contribution in [2.24, 2.45) is 0 Å². The number of ether oxygens (including phenoxy) is 2. The Hall–Kier alpha value is -1.68. The summed E-state index contributed by atoms with van der Waals surface area (Å²) in [5, 5.41) is 0. The molecule has 0 aliphatic carbocycles. The van der Waals surface area contributed by atoms with Gasteiger partial charge in [-0.2, -0.15) is 0 Å². The maximum absolute atomic E-state index is 11.7. The van der Waals surface area contributed by atoms with Crippen LogP contribution in [0.1, 0.15) is 89.5 Å². The van der Waals surface area contributed by atoms with Gasteiger partial charge in [0.05, 0.1) is 12.2 Å². The van der Waals surface area contributed by atoms with Crippen molar-refractivity contribution >= 4 is 5.97 Å². The lowest BCUT2D eigenvalue weighted by molar-refractivity contribution is -0.145. The molecule has 156 valence electrons. The topological polar surface area (TPSA) is 51.7 Å². The van der Waals surface area contributed by atoms with Gasteiger partial charge >= 0.3 is 5.97 Å². The van der Waals surface area contributed by atoms with Crippen molar-refractivity contribution < 1.29 is 14.3 Å². The highest BCUT2D eigenvalue weighted by atomic mass is 16.6. The van der Waals surface area contributed by atoms with Crippen LogP contribution >= 0.6 is 0 Å². The fourth-order valence-electron chi connectivity index (χ4n) is 3.37. The summed E-state index contributed by atoms with van der Waals surface area (Å²) in [5.41, 5.74) is 0.934. The Morgan fingerprint density at radius 3 is 2.79 bits per heavy atom. The average Bonchev–Trinajstić information content (AvgIpc) is 3.47. The molecule has 0 spiro atoms. The molecule has 2 rings (SSSR count). The van der Waals surface area contributed by atoms with Gasteiger partial charge in [0.15, 0.2) is 0 Å². The third kappa shape index (κ3) is 10.6. The van der Waals surface area contributed by atoms with Crippen LogP contribution in [0.4, 0.5) is 0 Å². The molecule has 1 fully saturated rings. The molecule has 1 aromatic rings. The van der Waals surface area contributed by atoms with E-state index in [9.17, 15) is 4.79 Å². The smallest absolute Gasteiger partial charge is 0.306 e. The van der Waals surface area contributed by atoms with E-state index in [1.165, 1.54) is 44.9 Å². The van der Waals surface area contributed by atoms with E-state index >= 15 is 0 Å². The Bertz CT molecular complexity index is 558. The molecule has 0 N–H and O–H groups in total. The first-order chi connectivity index (χ1) is 13.8. The second-order valence-electron chi connectivity index (χ2n) is 7.74. The number of hydrogen-bond acceptors (Lipinski definition) is 4. The number of aromatic nitrogens is 1. The molecular weight excluding hydrogens is 350 g/mol. The van der Waals surface area contributed by atoms with Crippen LogP contribution in [-0.2, 0) is 20.9 Å². The molecule has 1 aliphatic heterocycles. The Labute approximate surface area is 170 Å². The highest BCUT2D eigenvalue weighted by Crippen LogP contribution is 2.30. The Morgan fingerprint density at radius 1 is 1.11 bits per heavy atom. The summed E-state index contributed by atoms with van der Waals surface area (Å²) >= 11 is 0. The number of carbonyl (C=O) groups excluding carboxylic acids is 1. The first-order valence-electron chi connectivity index (χ1n) is 11.1. The van der Waals surface area contributed by atoms with E-state index in [0.29, 0.717) is 25.2 Å². The summed E-state index contributed by atoms with van der Waals surface area (Å²) in [5.74, 6) is -0.109. The lowest BCUT2D eigenvalue weighted by atomic mass is 10.1. The zero-order valence-corrected chi connectivity index (χ0v) is 17.5. The van der Waals surface area contributed by atoms with E-state index in [0.717, 1.165) is 31.2 Å². The largest absolute Gasteiger partial charge is 0.461 e. The Balaban J connectivity index is 1.34. The first-order valence-corrected chi connectivity index (χ1v) is 11.1. The highest BCUT2D eigenvalue weighted by molar-refractivity contribution is 5.69. The van der Waals surface area contributed by atoms with Crippen molar-refractivity contribution in [2.45, 2.75) is 103 Å². The Morgan fingerprint density at radius 2 is 1.96 bits per heavy atom. The molecule has 1 aliphatic rings. The molecule has 28 heavy (non-hydrogen) atoms. The molecular formula is C24H37NO3. The minimum Gasteiger partial charge on any atom is -0.461 e. The molecule has 2 atom stereocenters. The van der Waals surface area contributed by atoms with Gasteiger partial charge in [0.25, 0.3) is 0 Å². The standard InChI is InChI=1S/C24H37NO3/c1-2-3-10-15-22-23(28-22)16-11-8-6-4-5-7-9-12-17-24(26)27-20-21-14-13-18-25-19-21/h8,11,13-14,18-19,22-23H,2-7,9-10,12,15-17,20H2,1H3/b11-8-. The number of allylic oxidation sites excluding steroid dienone is 1. The van der Waals surface area contributed by atoms with Crippen LogP contribution in [0.2, 0.25) is 0 Å². The molecule has 0 saturated carbocycles. The van der Waals surface area contributed by atoms with E-state index in [2.05, 4.69) is 24.1 Å². The average molecular weight is 388 g/mol. The van der Waals surface area contributed by atoms with Gasteiger partial charge in [-0.1, -0.05) is 63.7 Å². The first kappa shape index (κ1) is 22.6. The van der Waals surface area contributed by atoms with Gasteiger partial charge in [-0.05, 0) is 38.2 Å². The van der Waals surface area contributed by atoms with Crippen molar-refractivity contribution in [1.82, 2.24) is 4.98 Å². The number of epoxide rings is 1. The molecule has 1 aromatic heterocycles. The SMILES string of the molecule is CCCCCC1OC1C/C=C\CCCCCCCC(=O)OCc1cccnc1. The zero-order chi connectivity index (χ0) is 19.9. The van der Waals surface area contributed by atoms with E-state index in [1.807, 2.05) is 12.1 Å². The summed E-state index contributed by atoms with van der Waals surface area (Å²) in [4.78, 5) is 15.7. The zero-order valence-electron chi connectivity index (χ0n) is 17.5. The van der Waals surface area contributed by atoms with Crippen molar-refractivity contribution in [3.05, 3.63) is 42.2 Å². The maximum Gasteiger partial charge on any atom is 0.306 e. The molecule has 2 unspecified atom stereocenters. The third-order valence-electron chi connectivity index (χ3n) is 5.19. The van der Waals surface area contributed by atoms with Gasteiger partial charge in [-0.3, -0.25) is 9.78 Å². The van der Waals surface area contributed by atoms with Crippen molar-refractivity contribution in [1.29, 1.82) is 0 Å². The second-order valence-corrected chi connectivity index (χ2v) is 7.74. The van der Waals surface area contributed by atoms with Gasteiger partial charge in [0.1, 0.15) is 6.61 Å². The lowest BCUT2D eigenvalue weighted by Gasteiger charge is -2.04. The van der Waals surface area contributed by atoms with Crippen LogP contribution < -0.4 is 0 Å². The molecule has 1 saturated heterocycles. The molecule has 0 amide bonds. The van der Waals surface area contributed by atoms with Crippen LogP contribution in [0.3, 0.4) is 0 Å².